The van der Waals surface area contributed by atoms with E-state index in [-0.39, 0.29) is 25.7 Å². The van der Waals surface area contributed by atoms with Crippen molar-refractivity contribution in [3.63, 3.8) is 0 Å². The molecule has 0 fully saturated rings. The monoisotopic (exact) mass is 1490 g/mol. The Morgan fingerprint density at radius 3 is 0.865 bits per heavy atom. The number of hydrogen-bond acceptors (Lipinski definition) is 15. The number of esters is 4. The Morgan fingerprint density at radius 1 is 0.279 bits per heavy atom. The van der Waals surface area contributed by atoms with Gasteiger partial charge >= 0.3 is 39.5 Å². The van der Waals surface area contributed by atoms with Gasteiger partial charge in [-0.25, -0.2) is 9.13 Å². The van der Waals surface area contributed by atoms with Crippen LogP contribution in [0.2, 0.25) is 0 Å². The highest BCUT2D eigenvalue weighted by Crippen LogP contribution is 2.45. The van der Waals surface area contributed by atoms with E-state index in [4.69, 9.17) is 37.0 Å². The molecule has 588 valence electrons. The van der Waals surface area contributed by atoms with E-state index in [0.717, 1.165) is 154 Å². The van der Waals surface area contributed by atoms with Crippen LogP contribution in [0.1, 0.15) is 272 Å². The number of aliphatic hydroxyl groups is 1. The zero-order valence-corrected chi connectivity index (χ0v) is 65.9. The standard InChI is InChI=1S/C85H136O17P2/c1-5-9-13-17-21-25-29-33-36-38-39-41-44-47-50-54-58-62-66-70-83(88)95-75-80(101-84(89)71-67-63-59-55-51-45-32-28-24-20-16-12-8-4)77-99-103(91,92)97-73-79(86)74-98-104(93,94)100-78-81(102-85(90)72-68-64-60-56-52-48-42-35-31-27-23-19-15-11-7-3)76-96-82(87)69-65-61-57-53-49-46-43-40-37-34-30-26-22-18-14-10-6-2/h9-11,13-15,21-23,25-28,32-37,39,41-43,46-47,50,53,57-58,62,79-81,86H,5-8,12,16-20,24,29-31,38,40,44-45,48-49,51-52,54-56,59-61,63-78H2,1-4H3,(H,91,92)(H,93,94)/b13-9-,14-10-,15-11-,25-21-,26-22-,27-23-,32-28-,36-33-,37-34-,41-39-,42-35-,46-43-,50-47-,57-53-,62-58-. The summed E-state index contributed by atoms with van der Waals surface area (Å²) in [7, 11) is -10.0. The Balaban J connectivity index is 5.50. The van der Waals surface area contributed by atoms with Gasteiger partial charge < -0.3 is 33.8 Å². The average molecular weight is 1490 g/mol. The molecule has 0 saturated heterocycles. The Hall–Kier alpha value is -5.84. The van der Waals surface area contributed by atoms with E-state index in [0.29, 0.717) is 38.5 Å². The lowest BCUT2D eigenvalue weighted by Gasteiger charge is -2.21. The van der Waals surface area contributed by atoms with Crippen molar-refractivity contribution < 1.29 is 80.2 Å². The fraction of sp³-hybridized carbons (Fsp3) is 0.600. The predicted molar refractivity (Wildman–Crippen MR) is 426 cm³/mol. The van der Waals surface area contributed by atoms with Gasteiger partial charge in [0.25, 0.3) is 0 Å². The molecule has 0 rings (SSSR count). The highest BCUT2D eigenvalue weighted by molar-refractivity contribution is 7.47. The van der Waals surface area contributed by atoms with E-state index in [2.05, 4.69) is 180 Å². The smallest absolute Gasteiger partial charge is 0.462 e. The summed E-state index contributed by atoms with van der Waals surface area (Å²) in [6, 6.07) is 0. The molecule has 5 unspecified atom stereocenters. The fourth-order valence-corrected chi connectivity index (χ4v) is 11.1. The van der Waals surface area contributed by atoms with Crippen LogP contribution in [0, 0.1) is 0 Å². The van der Waals surface area contributed by atoms with Crippen LogP contribution in [0.5, 0.6) is 0 Å². The Bertz CT molecular complexity index is 2690. The number of hydrogen-bond donors (Lipinski definition) is 3. The van der Waals surface area contributed by atoms with E-state index in [1.807, 2.05) is 30.4 Å². The third-order valence-corrected chi connectivity index (χ3v) is 17.3. The van der Waals surface area contributed by atoms with E-state index in [1.54, 1.807) is 0 Å². The molecule has 0 saturated carbocycles. The molecule has 0 radical (unpaired) electrons. The van der Waals surface area contributed by atoms with Crippen molar-refractivity contribution in [2.45, 2.75) is 290 Å². The van der Waals surface area contributed by atoms with Crippen LogP contribution < -0.4 is 0 Å². The predicted octanol–water partition coefficient (Wildman–Crippen LogP) is 22.8. The number of carbonyl (C=O) groups excluding carboxylic acids is 4. The first-order valence-electron chi connectivity index (χ1n) is 39.0. The quantitative estimate of drug-likeness (QED) is 0.0169. The van der Waals surface area contributed by atoms with E-state index < -0.39 is 97.5 Å². The third kappa shape index (κ3) is 74.4. The van der Waals surface area contributed by atoms with Crippen molar-refractivity contribution in [2.75, 3.05) is 39.6 Å². The molecule has 0 aliphatic carbocycles. The minimum absolute atomic E-state index is 0.0273. The minimum Gasteiger partial charge on any atom is -0.462 e. The number of carbonyl (C=O) groups is 4. The van der Waals surface area contributed by atoms with Crippen LogP contribution in [0.4, 0.5) is 0 Å². The van der Waals surface area contributed by atoms with Gasteiger partial charge in [-0.15, -0.1) is 0 Å². The number of aliphatic hydroxyl groups excluding tert-OH is 1. The van der Waals surface area contributed by atoms with Crippen LogP contribution in [0.15, 0.2) is 182 Å². The second-order valence-electron chi connectivity index (χ2n) is 25.1. The summed E-state index contributed by atoms with van der Waals surface area (Å²) in [4.78, 5) is 72.9. The van der Waals surface area contributed by atoms with Crippen molar-refractivity contribution in [3.05, 3.63) is 182 Å². The molecule has 3 N–H and O–H groups in total. The summed E-state index contributed by atoms with van der Waals surface area (Å²) >= 11 is 0. The molecule has 19 heteroatoms. The van der Waals surface area contributed by atoms with Gasteiger partial charge in [0.1, 0.15) is 19.3 Å². The number of phosphoric ester groups is 2. The summed E-state index contributed by atoms with van der Waals surface area (Å²) in [6.07, 6.45) is 90.4. The molecule has 0 aliphatic rings. The van der Waals surface area contributed by atoms with Crippen molar-refractivity contribution in [1.82, 2.24) is 0 Å². The summed E-state index contributed by atoms with van der Waals surface area (Å²) in [5.74, 6) is -2.39. The van der Waals surface area contributed by atoms with Crippen molar-refractivity contribution in [1.29, 1.82) is 0 Å². The summed E-state index contributed by atoms with van der Waals surface area (Å²) in [5.41, 5.74) is 0. The van der Waals surface area contributed by atoms with E-state index in [9.17, 15) is 43.2 Å². The zero-order valence-electron chi connectivity index (χ0n) is 64.1. The molecule has 0 aromatic rings. The highest BCUT2D eigenvalue weighted by atomic mass is 31.2. The Morgan fingerprint density at radius 2 is 0.529 bits per heavy atom. The first-order valence-corrected chi connectivity index (χ1v) is 42.0. The van der Waals surface area contributed by atoms with E-state index in [1.165, 1.54) is 25.7 Å². The number of ether oxygens (including phenoxy) is 4. The van der Waals surface area contributed by atoms with Gasteiger partial charge in [-0.3, -0.25) is 37.3 Å². The van der Waals surface area contributed by atoms with Crippen LogP contribution in [0.25, 0.3) is 0 Å². The molecular weight excluding hydrogens is 1350 g/mol. The van der Waals surface area contributed by atoms with Gasteiger partial charge in [0, 0.05) is 25.7 Å². The van der Waals surface area contributed by atoms with Crippen molar-refractivity contribution >= 4 is 39.5 Å². The molecule has 5 atom stereocenters. The van der Waals surface area contributed by atoms with Gasteiger partial charge in [-0.1, -0.05) is 268 Å². The molecule has 0 amide bonds. The molecule has 0 aromatic carbocycles. The molecule has 0 heterocycles. The van der Waals surface area contributed by atoms with Gasteiger partial charge in [0.2, 0.25) is 0 Å². The van der Waals surface area contributed by atoms with Crippen molar-refractivity contribution in [3.8, 4) is 0 Å². The fourth-order valence-electron chi connectivity index (χ4n) is 9.52. The molecular formula is C85H136O17P2. The maximum Gasteiger partial charge on any atom is 0.472 e. The largest absolute Gasteiger partial charge is 0.472 e. The van der Waals surface area contributed by atoms with Crippen LogP contribution in [-0.2, 0) is 65.4 Å². The Kier molecular flexibility index (Phi) is 71.2. The number of phosphoric acid groups is 2. The second kappa shape index (κ2) is 75.4. The zero-order chi connectivity index (χ0) is 76.0. The van der Waals surface area contributed by atoms with E-state index >= 15 is 0 Å². The first-order chi connectivity index (χ1) is 50.7. The average Bonchev–Trinajstić information content (AvgIpc) is 0.939. The molecule has 0 bridgehead atoms. The third-order valence-electron chi connectivity index (χ3n) is 15.4. The second-order valence-corrected chi connectivity index (χ2v) is 28.1. The molecule has 17 nitrogen and oxygen atoms in total. The van der Waals surface area contributed by atoms with Gasteiger partial charge in [0.15, 0.2) is 12.2 Å². The summed E-state index contributed by atoms with van der Waals surface area (Å²) < 4.78 is 68.4. The lowest BCUT2D eigenvalue weighted by Crippen LogP contribution is -2.30. The normalized spacial score (nSPS) is 14.9. The van der Waals surface area contributed by atoms with Gasteiger partial charge in [-0.2, -0.15) is 0 Å². The van der Waals surface area contributed by atoms with Crippen LogP contribution in [0.3, 0.4) is 0 Å². The molecule has 0 aliphatic heterocycles. The summed E-state index contributed by atoms with van der Waals surface area (Å²) in [6.45, 7) is 4.31. The molecule has 0 aromatic heterocycles. The first kappa shape index (κ1) is 98.2. The van der Waals surface area contributed by atoms with Crippen LogP contribution >= 0.6 is 15.6 Å². The van der Waals surface area contributed by atoms with Crippen LogP contribution in [-0.4, -0.2) is 96.7 Å². The number of rotatable bonds is 71. The van der Waals surface area contributed by atoms with Gasteiger partial charge in [-0.05, 0) is 161 Å². The molecule has 0 spiro atoms. The maximum atomic E-state index is 13.1. The SMILES string of the molecule is CC/C=C\C/C=C\C/C=C\C/C=C\C/C=C\C/C=C\CCC(=O)OCC(COP(=O)(O)OCC(O)COP(=O)(O)OCC(COC(=O)CCC/C=C\C/C=C\C/C=C\C/C=C\C/C=C\CC)OC(=O)CCCCCCC/C=C\C/C=C\C/C=C\CC)OC(=O)CCCCCCC/C=C\CCCCCC. The van der Waals surface area contributed by atoms with Crippen molar-refractivity contribution in [2.24, 2.45) is 0 Å². The lowest BCUT2D eigenvalue weighted by atomic mass is 10.1. The summed E-state index contributed by atoms with van der Waals surface area (Å²) in [5, 5.41) is 10.6. The van der Waals surface area contributed by atoms with Gasteiger partial charge in [0.05, 0.1) is 26.4 Å². The highest BCUT2D eigenvalue weighted by Gasteiger charge is 2.30. The molecule has 104 heavy (non-hydrogen) atoms. The Labute approximate surface area is 628 Å². The maximum absolute atomic E-state index is 13.1. The number of unbranched alkanes of at least 4 members (excludes halogenated alkanes) is 15. The minimum atomic E-state index is -5.01. The number of allylic oxidation sites excluding steroid dienone is 30. The lowest BCUT2D eigenvalue weighted by molar-refractivity contribution is -0.161. The topological polar surface area (TPSA) is 237 Å².